The summed E-state index contributed by atoms with van der Waals surface area (Å²) < 4.78 is 29.4. The molecule has 0 bridgehead atoms. The van der Waals surface area contributed by atoms with Crippen LogP contribution >= 0.6 is 0 Å². The SMILES string of the molecule is CC=C1C[C@H]2C=Nc3cc(OCc4cc(COc5cc6c(cc5OC)C(=O)N5CC(=CC)C[C@H]5C=N6)cc(OC)c4)c(OC)cc3C(=O)N2C1. The number of hydrogen-bond acceptors (Lipinski definition) is 9. The van der Waals surface area contributed by atoms with Crippen molar-refractivity contribution < 1.29 is 33.3 Å². The largest absolute Gasteiger partial charge is 0.497 e. The maximum atomic E-state index is 13.5. The van der Waals surface area contributed by atoms with Gasteiger partial charge in [-0.1, -0.05) is 23.3 Å². The first-order valence-electron chi connectivity index (χ1n) is 16.7. The van der Waals surface area contributed by atoms with E-state index in [1.165, 1.54) is 11.1 Å². The number of aliphatic imine (C=N–C) groups is 2. The molecule has 0 aromatic heterocycles. The molecule has 7 rings (SSSR count). The van der Waals surface area contributed by atoms with Gasteiger partial charge in [-0.25, -0.2) is 0 Å². The zero-order valence-electron chi connectivity index (χ0n) is 28.9. The van der Waals surface area contributed by atoms with Gasteiger partial charge in [0.2, 0.25) is 0 Å². The van der Waals surface area contributed by atoms with Gasteiger partial charge in [-0.15, -0.1) is 0 Å². The van der Waals surface area contributed by atoms with Gasteiger partial charge in [0.25, 0.3) is 11.8 Å². The van der Waals surface area contributed by atoms with E-state index in [1.54, 1.807) is 45.6 Å². The Kier molecular flexibility index (Phi) is 9.05. The van der Waals surface area contributed by atoms with Crippen LogP contribution in [0.1, 0.15) is 58.5 Å². The van der Waals surface area contributed by atoms with E-state index in [9.17, 15) is 9.59 Å². The first-order valence-corrected chi connectivity index (χ1v) is 16.7. The number of carbonyl (C=O) groups is 2. The number of fused-ring (bicyclic) bond motifs is 4. The van der Waals surface area contributed by atoms with Crippen molar-refractivity contribution >= 4 is 35.6 Å². The highest BCUT2D eigenvalue weighted by Crippen LogP contribution is 2.41. The molecular formula is C39H40N4O7. The van der Waals surface area contributed by atoms with Crippen LogP contribution in [0, 0.1) is 0 Å². The Morgan fingerprint density at radius 1 is 0.640 bits per heavy atom. The fourth-order valence-corrected chi connectivity index (χ4v) is 6.86. The molecule has 4 aliphatic heterocycles. The normalized spacial score (nSPS) is 20.7. The molecule has 3 aromatic carbocycles. The quantitative estimate of drug-likeness (QED) is 0.234. The molecule has 0 unspecified atom stereocenters. The number of allylic oxidation sites excluding steroid dienone is 2. The Balaban J connectivity index is 1.09. The number of ether oxygens (including phenoxy) is 5. The van der Waals surface area contributed by atoms with Crippen molar-refractivity contribution in [3.8, 4) is 28.7 Å². The van der Waals surface area contributed by atoms with Crippen molar-refractivity contribution in [2.24, 2.45) is 9.98 Å². The van der Waals surface area contributed by atoms with E-state index in [2.05, 4.69) is 22.1 Å². The van der Waals surface area contributed by atoms with Crippen LogP contribution in [0.4, 0.5) is 11.4 Å². The number of nitrogens with zero attached hydrogens (tertiary/aromatic N) is 4. The first-order chi connectivity index (χ1) is 24.3. The zero-order chi connectivity index (χ0) is 34.9. The second-order valence-electron chi connectivity index (χ2n) is 12.7. The number of hydrogen-bond donors (Lipinski definition) is 0. The summed E-state index contributed by atoms with van der Waals surface area (Å²) in [6.45, 7) is 5.58. The highest BCUT2D eigenvalue weighted by atomic mass is 16.5. The summed E-state index contributed by atoms with van der Waals surface area (Å²) in [7, 11) is 4.71. The lowest BCUT2D eigenvalue weighted by atomic mass is 10.1. The highest BCUT2D eigenvalue weighted by molar-refractivity contribution is 6.04. The molecule has 2 saturated heterocycles. The molecule has 0 radical (unpaired) electrons. The van der Waals surface area contributed by atoms with E-state index in [0.29, 0.717) is 64.3 Å². The molecule has 2 atom stereocenters. The Bertz CT molecular complexity index is 1850. The lowest BCUT2D eigenvalue weighted by molar-refractivity contribution is 0.0769. The molecule has 2 fully saturated rings. The Morgan fingerprint density at radius 3 is 1.50 bits per heavy atom. The second kappa shape index (κ2) is 13.7. The van der Waals surface area contributed by atoms with E-state index in [0.717, 1.165) is 24.0 Å². The number of methoxy groups -OCH3 is 3. The van der Waals surface area contributed by atoms with Gasteiger partial charge in [-0.05, 0) is 68.1 Å². The van der Waals surface area contributed by atoms with Crippen molar-refractivity contribution in [2.45, 2.75) is 52.0 Å². The average molecular weight is 677 g/mol. The van der Waals surface area contributed by atoms with Crippen LogP contribution in [-0.2, 0) is 13.2 Å². The average Bonchev–Trinajstić information content (AvgIpc) is 3.71. The van der Waals surface area contributed by atoms with Crippen LogP contribution in [0.3, 0.4) is 0 Å². The van der Waals surface area contributed by atoms with Crippen LogP contribution in [0.5, 0.6) is 28.7 Å². The van der Waals surface area contributed by atoms with E-state index >= 15 is 0 Å². The van der Waals surface area contributed by atoms with Crippen LogP contribution < -0.4 is 23.7 Å². The smallest absolute Gasteiger partial charge is 0.257 e. The molecule has 2 amide bonds. The molecule has 258 valence electrons. The van der Waals surface area contributed by atoms with Gasteiger partial charge in [0.15, 0.2) is 23.0 Å². The molecule has 0 spiro atoms. The van der Waals surface area contributed by atoms with Crippen LogP contribution in [-0.4, -0.2) is 80.5 Å². The minimum Gasteiger partial charge on any atom is -0.497 e. The summed E-state index contributed by atoms with van der Waals surface area (Å²) in [5, 5.41) is 0. The topological polar surface area (TPSA) is 111 Å². The molecule has 11 heteroatoms. The van der Waals surface area contributed by atoms with Gasteiger partial charge in [0.05, 0.1) is 55.9 Å². The summed E-state index contributed by atoms with van der Waals surface area (Å²) in [6.07, 6.45) is 9.39. The van der Waals surface area contributed by atoms with Gasteiger partial charge in [0.1, 0.15) is 19.0 Å². The van der Waals surface area contributed by atoms with E-state index in [-0.39, 0.29) is 37.1 Å². The Hall–Kier alpha value is -5.58. The van der Waals surface area contributed by atoms with Crippen LogP contribution in [0.2, 0.25) is 0 Å². The third-order valence-corrected chi connectivity index (χ3v) is 9.68. The van der Waals surface area contributed by atoms with Gasteiger partial charge in [0, 0.05) is 37.7 Å². The van der Waals surface area contributed by atoms with E-state index in [1.807, 2.05) is 54.3 Å². The molecule has 0 aliphatic carbocycles. The van der Waals surface area contributed by atoms with Gasteiger partial charge < -0.3 is 33.5 Å². The standard InChI is InChI=1S/C39H40N4O7/c1-6-23-9-27-17-40-32-15-36(34(47-4)13-30(32)38(44)42(27)19-23)49-21-25-8-26(12-29(11-25)46-3)22-50-37-16-33-31(14-35(37)48-5)39(45)43-20-24(7-2)10-28(43)18-41-33/h6-8,11-18,27-28H,9-10,19-22H2,1-5H3/t27-,28-/m0/s1. The second-order valence-corrected chi connectivity index (χ2v) is 12.7. The number of benzene rings is 3. The Labute approximate surface area is 291 Å². The molecule has 50 heavy (non-hydrogen) atoms. The first kappa shape index (κ1) is 32.9. The van der Waals surface area contributed by atoms with Crippen molar-refractivity contribution in [3.05, 3.63) is 88.0 Å². The predicted octanol–water partition coefficient (Wildman–Crippen LogP) is 6.62. The highest BCUT2D eigenvalue weighted by Gasteiger charge is 2.36. The minimum atomic E-state index is -0.0746. The maximum absolute atomic E-state index is 13.5. The summed E-state index contributed by atoms with van der Waals surface area (Å²) in [5.74, 6) is 2.33. The summed E-state index contributed by atoms with van der Waals surface area (Å²) in [5.41, 5.74) is 6.18. The van der Waals surface area contributed by atoms with Gasteiger partial charge in [-0.3, -0.25) is 19.6 Å². The molecule has 0 N–H and O–H groups in total. The fraction of sp³-hybridized carbons (Fsp3) is 0.333. The summed E-state index contributed by atoms with van der Waals surface area (Å²) in [6, 6.07) is 12.5. The van der Waals surface area contributed by atoms with Crippen molar-refractivity contribution in [1.82, 2.24) is 9.80 Å². The minimum absolute atomic E-state index is 0.0701. The van der Waals surface area contributed by atoms with Crippen molar-refractivity contribution in [2.75, 3.05) is 34.4 Å². The summed E-state index contributed by atoms with van der Waals surface area (Å²) in [4.78, 5) is 40.0. The molecule has 3 aromatic rings. The van der Waals surface area contributed by atoms with Gasteiger partial charge in [-0.2, -0.15) is 0 Å². The van der Waals surface area contributed by atoms with Crippen molar-refractivity contribution in [1.29, 1.82) is 0 Å². The number of carbonyl (C=O) groups excluding carboxylic acids is 2. The number of amides is 2. The predicted molar refractivity (Wildman–Crippen MR) is 190 cm³/mol. The van der Waals surface area contributed by atoms with Crippen molar-refractivity contribution in [3.63, 3.8) is 0 Å². The molecule has 11 nitrogen and oxygen atoms in total. The molecule has 4 heterocycles. The number of rotatable bonds is 9. The summed E-state index contributed by atoms with van der Waals surface area (Å²) >= 11 is 0. The third kappa shape index (κ3) is 6.19. The third-order valence-electron chi connectivity index (χ3n) is 9.68. The monoisotopic (exact) mass is 676 g/mol. The van der Waals surface area contributed by atoms with Crippen LogP contribution in [0.15, 0.2) is 75.7 Å². The van der Waals surface area contributed by atoms with Gasteiger partial charge >= 0.3 is 0 Å². The van der Waals surface area contributed by atoms with Crippen LogP contribution in [0.25, 0.3) is 0 Å². The molecular weight excluding hydrogens is 636 g/mol. The fourth-order valence-electron chi connectivity index (χ4n) is 6.86. The zero-order valence-corrected chi connectivity index (χ0v) is 28.9. The molecule has 4 aliphatic rings. The Morgan fingerprint density at radius 2 is 1.10 bits per heavy atom. The lowest BCUT2D eigenvalue weighted by Gasteiger charge is -2.20. The van der Waals surface area contributed by atoms with E-state index < -0.39 is 0 Å². The molecule has 0 saturated carbocycles. The lowest BCUT2D eigenvalue weighted by Crippen LogP contribution is -2.35. The maximum Gasteiger partial charge on any atom is 0.257 e. The van der Waals surface area contributed by atoms with E-state index in [4.69, 9.17) is 23.7 Å².